The maximum absolute atomic E-state index is 10.7. The van der Waals surface area contributed by atoms with Gasteiger partial charge in [0.1, 0.15) is 0 Å². The van der Waals surface area contributed by atoms with Gasteiger partial charge in [-0.05, 0) is 48.1 Å². The first-order valence-corrected chi connectivity index (χ1v) is 9.60. The first-order chi connectivity index (χ1) is 14.4. The molecule has 0 amide bonds. The van der Waals surface area contributed by atoms with Crippen molar-refractivity contribution in [2.24, 2.45) is 0 Å². The molecule has 0 spiro atoms. The molecule has 0 radical (unpaired) electrons. The van der Waals surface area contributed by atoms with Gasteiger partial charge in [0.2, 0.25) is 0 Å². The van der Waals surface area contributed by atoms with Gasteiger partial charge in [-0.1, -0.05) is 48.5 Å². The van der Waals surface area contributed by atoms with E-state index in [-0.39, 0.29) is 11.4 Å². The van der Waals surface area contributed by atoms with E-state index >= 15 is 0 Å². The zero-order chi connectivity index (χ0) is 21.7. The number of thiocarbonyl (C=S) groups is 1. The number of benzene rings is 3. The predicted molar refractivity (Wildman–Crippen MR) is 127 cm³/mol. The molecule has 3 N–H and O–H groups in total. The van der Waals surface area contributed by atoms with Crippen LogP contribution >= 0.6 is 23.8 Å². The van der Waals surface area contributed by atoms with Crippen LogP contribution in [0, 0.1) is 15.5 Å². The van der Waals surface area contributed by atoms with Crippen LogP contribution in [0.5, 0.6) is 0 Å². The van der Waals surface area contributed by atoms with E-state index in [4.69, 9.17) is 29.2 Å². The van der Waals surface area contributed by atoms with Crippen molar-refractivity contribution in [3.8, 4) is 0 Å². The van der Waals surface area contributed by atoms with Gasteiger partial charge in [-0.2, -0.15) is 0 Å². The van der Waals surface area contributed by atoms with Gasteiger partial charge >= 0.3 is 0 Å². The minimum atomic E-state index is -0.463. The van der Waals surface area contributed by atoms with Crippen LogP contribution in [0.15, 0.2) is 73.3 Å². The molecule has 0 fully saturated rings. The second-order valence-electron chi connectivity index (χ2n) is 6.24. The number of hydrogen-bond donors (Lipinski definition) is 3. The van der Waals surface area contributed by atoms with Crippen LogP contribution in [0.25, 0.3) is 6.08 Å². The molecule has 3 aromatic carbocycles. The van der Waals surface area contributed by atoms with Crippen molar-refractivity contribution in [2.75, 3.05) is 10.6 Å². The van der Waals surface area contributed by atoms with Crippen LogP contribution in [0.2, 0.25) is 5.02 Å². The Labute approximate surface area is 183 Å². The number of hydrogen-bond acceptors (Lipinski definition) is 4. The summed E-state index contributed by atoms with van der Waals surface area (Å²) in [6.45, 7) is 3.80. The summed E-state index contributed by atoms with van der Waals surface area (Å²) in [5, 5.41) is 26.1. The van der Waals surface area contributed by atoms with Crippen molar-refractivity contribution >= 4 is 57.8 Å². The fourth-order valence-corrected chi connectivity index (χ4v) is 3.25. The Balaban J connectivity index is 1.77. The average Bonchev–Trinajstić information content (AvgIpc) is 2.75. The highest BCUT2D eigenvalue weighted by Crippen LogP contribution is 2.25. The summed E-state index contributed by atoms with van der Waals surface area (Å²) in [7, 11) is 0. The Kier molecular flexibility index (Phi) is 6.56. The highest BCUT2D eigenvalue weighted by molar-refractivity contribution is 7.80. The van der Waals surface area contributed by atoms with Crippen LogP contribution in [-0.2, 0) is 0 Å². The molecular formula is C22H17ClN4O2S. The third-order valence-corrected chi connectivity index (χ3v) is 4.81. The molecule has 0 heterocycles. The fourth-order valence-electron chi connectivity index (χ4n) is 2.80. The third-order valence-electron chi connectivity index (χ3n) is 4.28. The quantitative estimate of drug-likeness (QED) is 0.187. The number of nitro benzene ring substituents is 1. The summed E-state index contributed by atoms with van der Waals surface area (Å²) in [4.78, 5) is 10.3. The summed E-state index contributed by atoms with van der Waals surface area (Å²) < 4.78 is 0. The molecule has 0 aliphatic rings. The lowest BCUT2D eigenvalue weighted by molar-refractivity contribution is -0.384. The van der Waals surface area contributed by atoms with Crippen molar-refractivity contribution in [1.82, 2.24) is 0 Å². The zero-order valence-corrected chi connectivity index (χ0v) is 17.3. The molecule has 150 valence electrons. The third kappa shape index (κ3) is 4.89. The Morgan fingerprint density at radius 2 is 1.67 bits per heavy atom. The van der Waals surface area contributed by atoms with Gasteiger partial charge in [0.05, 0.1) is 15.7 Å². The Bertz CT molecular complexity index is 1150. The van der Waals surface area contributed by atoms with Gasteiger partial charge in [0, 0.05) is 34.6 Å². The number of halogens is 1. The molecule has 0 aromatic heterocycles. The van der Waals surface area contributed by atoms with Gasteiger partial charge in [0.15, 0.2) is 5.11 Å². The van der Waals surface area contributed by atoms with Crippen molar-refractivity contribution in [2.45, 2.75) is 0 Å². The minimum Gasteiger partial charge on any atom is -0.332 e. The lowest BCUT2D eigenvalue weighted by atomic mass is 9.97. The van der Waals surface area contributed by atoms with E-state index in [0.717, 1.165) is 11.1 Å². The highest BCUT2D eigenvalue weighted by Gasteiger charge is 2.13. The van der Waals surface area contributed by atoms with E-state index in [1.165, 1.54) is 12.1 Å². The second kappa shape index (κ2) is 9.30. The van der Waals surface area contributed by atoms with E-state index in [1.54, 1.807) is 36.4 Å². The number of nitrogens with zero attached hydrogens (tertiary/aromatic N) is 1. The monoisotopic (exact) mass is 436 g/mol. The lowest BCUT2D eigenvalue weighted by Gasteiger charge is -2.14. The van der Waals surface area contributed by atoms with Crippen molar-refractivity contribution < 1.29 is 4.92 Å². The molecule has 30 heavy (non-hydrogen) atoms. The Hall–Kier alpha value is -3.55. The maximum atomic E-state index is 10.7. The van der Waals surface area contributed by atoms with Crippen LogP contribution in [0.3, 0.4) is 0 Å². The summed E-state index contributed by atoms with van der Waals surface area (Å²) in [5.74, 6) is 0. The number of non-ortho nitro benzene ring substituents is 1. The van der Waals surface area contributed by atoms with Gasteiger partial charge in [0.25, 0.3) is 5.69 Å². The van der Waals surface area contributed by atoms with Gasteiger partial charge in [-0.25, -0.2) is 0 Å². The first kappa shape index (κ1) is 21.2. The molecule has 0 saturated carbocycles. The molecule has 0 bridgehead atoms. The van der Waals surface area contributed by atoms with Gasteiger partial charge in [-0.15, -0.1) is 0 Å². The van der Waals surface area contributed by atoms with Crippen molar-refractivity contribution in [3.05, 3.63) is 105 Å². The second-order valence-corrected chi connectivity index (χ2v) is 7.06. The molecule has 0 aliphatic heterocycles. The predicted octanol–water partition coefficient (Wildman–Crippen LogP) is 6.12. The van der Waals surface area contributed by atoms with E-state index in [9.17, 15) is 10.1 Å². The summed E-state index contributed by atoms with van der Waals surface area (Å²) in [6.07, 6.45) is 1.70. The van der Waals surface area contributed by atoms with E-state index < -0.39 is 4.92 Å². The fraction of sp³-hybridized carbons (Fsp3) is 0. The van der Waals surface area contributed by atoms with E-state index in [2.05, 4.69) is 17.2 Å². The standard InChI is InChI=1S/C22H17ClN4O2S/c1-2-14-5-3-4-6-18(14)21(24)19-13-16(9-12-20(19)23)26-22(30)25-15-7-10-17(11-8-15)27(28)29/h2-13,24H,1H2,(H2,25,26,30). The van der Waals surface area contributed by atoms with Gasteiger partial charge < -0.3 is 10.6 Å². The normalized spacial score (nSPS) is 10.2. The topological polar surface area (TPSA) is 91.1 Å². The van der Waals surface area contributed by atoms with Crippen LogP contribution < -0.4 is 10.6 Å². The molecule has 3 aromatic rings. The lowest BCUT2D eigenvalue weighted by Crippen LogP contribution is -2.19. The Morgan fingerprint density at radius 3 is 2.33 bits per heavy atom. The summed E-state index contributed by atoms with van der Waals surface area (Å²) in [5.41, 5.74) is 3.64. The number of nitro groups is 1. The molecule has 6 nitrogen and oxygen atoms in total. The van der Waals surface area contributed by atoms with Crippen LogP contribution in [0.4, 0.5) is 17.1 Å². The van der Waals surface area contributed by atoms with Crippen LogP contribution in [0.1, 0.15) is 16.7 Å². The van der Waals surface area contributed by atoms with Crippen molar-refractivity contribution in [1.29, 1.82) is 5.41 Å². The highest BCUT2D eigenvalue weighted by atomic mass is 35.5. The number of nitrogens with one attached hydrogen (secondary N) is 3. The first-order valence-electron chi connectivity index (χ1n) is 8.82. The molecule has 8 heteroatoms. The molecule has 0 aliphatic carbocycles. The molecule has 3 rings (SSSR count). The SMILES string of the molecule is C=Cc1ccccc1C(=N)c1cc(NC(=S)Nc2ccc([N+](=O)[O-])cc2)ccc1Cl. The molecule has 0 atom stereocenters. The summed E-state index contributed by atoms with van der Waals surface area (Å²) in [6, 6.07) is 18.6. The summed E-state index contributed by atoms with van der Waals surface area (Å²) >= 11 is 11.7. The largest absolute Gasteiger partial charge is 0.332 e. The minimum absolute atomic E-state index is 0.0000819. The van der Waals surface area contributed by atoms with E-state index in [0.29, 0.717) is 27.1 Å². The maximum Gasteiger partial charge on any atom is 0.269 e. The molecule has 0 unspecified atom stereocenters. The number of anilines is 2. The smallest absolute Gasteiger partial charge is 0.269 e. The zero-order valence-electron chi connectivity index (χ0n) is 15.7. The van der Waals surface area contributed by atoms with Crippen LogP contribution in [-0.4, -0.2) is 15.7 Å². The van der Waals surface area contributed by atoms with E-state index in [1.807, 2.05) is 24.3 Å². The van der Waals surface area contributed by atoms with Gasteiger partial charge in [-0.3, -0.25) is 15.5 Å². The van der Waals surface area contributed by atoms with Crippen molar-refractivity contribution in [3.63, 3.8) is 0 Å². The molecule has 0 saturated heterocycles. The Morgan fingerprint density at radius 1 is 1.03 bits per heavy atom. The number of rotatable bonds is 6. The average molecular weight is 437 g/mol. The molecular weight excluding hydrogens is 420 g/mol.